The quantitative estimate of drug-likeness (QED) is 0.324. The Morgan fingerprint density at radius 2 is 1.62 bits per heavy atom. The summed E-state index contributed by atoms with van der Waals surface area (Å²) in [6.45, 7) is 23.4. The summed E-state index contributed by atoms with van der Waals surface area (Å²) >= 11 is 0. The molecule has 0 spiro atoms. The summed E-state index contributed by atoms with van der Waals surface area (Å²) in [6, 6.07) is 0. The van der Waals surface area contributed by atoms with E-state index in [1.165, 1.54) is 5.57 Å². The molecular formula is C35H59NO4. The van der Waals surface area contributed by atoms with Crippen molar-refractivity contribution in [1.29, 1.82) is 0 Å². The number of carbonyl (C=O) groups is 1. The molecule has 3 saturated carbocycles. The lowest BCUT2D eigenvalue weighted by Crippen LogP contribution is -2.66. The van der Waals surface area contributed by atoms with Crippen molar-refractivity contribution in [2.24, 2.45) is 44.8 Å². The molecule has 2 N–H and O–H groups in total. The van der Waals surface area contributed by atoms with Gasteiger partial charge in [-0.2, -0.15) is 0 Å². The maximum Gasteiger partial charge on any atom is 0.410 e. The first-order chi connectivity index (χ1) is 18.3. The van der Waals surface area contributed by atoms with Crippen molar-refractivity contribution in [3.8, 4) is 0 Å². The van der Waals surface area contributed by atoms with Crippen LogP contribution in [0.3, 0.4) is 0 Å². The summed E-state index contributed by atoms with van der Waals surface area (Å²) in [5.74, 6) is 0.947. The van der Waals surface area contributed by atoms with Crippen molar-refractivity contribution in [2.45, 2.75) is 144 Å². The third kappa shape index (κ3) is 4.09. The second-order valence-corrected chi connectivity index (χ2v) is 17.6. The number of hydrogen-bond acceptors (Lipinski definition) is 4. The Labute approximate surface area is 244 Å². The van der Waals surface area contributed by atoms with Crippen molar-refractivity contribution in [1.82, 2.24) is 4.90 Å². The van der Waals surface area contributed by atoms with E-state index in [0.29, 0.717) is 11.8 Å². The summed E-state index contributed by atoms with van der Waals surface area (Å²) < 4.78 is 5.92. The van der Waals surface area contributed by atoms with Crippen LogP contribution in [0.4, 0.5) is 4.79 Å². The molecule has 1 aliphatic heterocycles. The summed E-state index contributed by atoms with van der Waals surface area (Å²) in [5.41, 5.74) is 0.554. The molecule has 5 rings (SSSR count). The van der Waals surface area contributed by atoms with E-state index in [4.69, 9.17) is 4.74 Å². The van der Waals surface area contributed by atoms with E-state index in [9.17, 15) is 15.0 Å². The normalized spacial score (nSPS) is 46.1. The summed E-state index contributed by atoms with van der Waals surface area (Å²) in [6.07, 6.45) is 11.4. The monoisotopic (exact) mass is 557 g/mol. The number of fused-ring (bicyclic) bond motifs is 7. The third-order valence-corrected chi connectivity index (χ3v) is 13.9. The van der Waals surface area contributed by atoms with Gasteiger partial charge in [-0.1, -0.05) is 46.3 Å². The number of rotatable bonds is 1. The van der Waals surface area contributed by atoms with Crippen molar-refractivity contribution in [3.63, 3.8) is 0 Å². The molecule has 40 heavy (non-hydrogen) atoms. The van der Waals surface area contributed by atoms with Gasteiger partial charge in [0.15, 0.2) is 0 Å². The van der Waals surface area contributed by atoms with Crippen LogP contribution in [-0.4, -0.2) is 51.6 Å². The number of amides is 1. The van der Waals surface area contributed by atoms with Crippen LogP contribution in [0.25, 0.3) is 0 Å². The number of carbonyl (C=O) groups excluding carboxylic acids is 1. The number of hydrogen-bond donors (Lipinski definition) is 2. The Kier molecular flexibility index (Phi) is 7.00. The van der Waals surface area contributed by atoms with Gasteiger partial charge in [-0.3, -0.25) is 0 Å². The molecule has 4 fully saturated rings. The maximum atomic E-state index is 13.5. The lowest BCUT2D eigenvalue weighted by Gasteiger charge is -2.70. The number of ether oxygens (including phenoxy) is 1. The Hall–Kier alpha value is -1.07. The SMILES string of the molecule is CC(C)(C)OC(=O)N1CCC[C@]2(C)[C@H]3CC=C4[C@H]5[C@@H](O)C(C)(C)CC[C@]5(CO)CC[C@@]4(C)[C@]3(C)CC[C@H]2C1(C)C. The van der Waals surface area contributed by atoms with Crippen LogP contribution in [0.5, 0.6) is 0 Å². The maximum absolute atomic E-state index is 13.5. The molecule has 5 heteroatoms. The minimum absolute atomic E-state index is 0.00291. The molecule has 0 aromatic heterocycles. The van der Waals surface area contributed by atoms with E-state index in [1.807, 2.05) is 20.8 Å². The van der Waals surface area contributed by atoms with Crippen LogP contribution in [0.2, 0.25) is 0 Å². The van der Waals surface area contributed by atoms with Gasteiger partial charge in [-0.25, -0.2) is 4.79 Å². The highest BCUT2D eigenvalue weighted by Gasteiger charge is 2.69. The van der Waals surface area contributed by atoms with Crippen LogP contribution in [0.15, 0.2) is 11.6 Å². The van der Waals surface area contributed by atoms with Crippen LogP contribution < -0.4 is 0 Å². The van der Waals surface area contributed by atoms with Gasteiger partial charge in [-0.05, 0) is 126 Å². The zero-order chi connectivity index (χ0) is 29.7. The lowest BCUT2D eigenvalue weighted by atomic mass is 9.35. The van der Waals surface area contributed by atoms with Crippen LogP contribution >= 0.6 is 0 Å². The van der Waals surface area contributed by atoms with E-state index in [2.05, 4.69) is 59.4 Å². The standard InChI is InChI=1S/C35H59NO4/c1-29(2,3)40-28(39)36-21-11-15-32(8)24(31(36,6)7)14-16-34(10)25(32)13-12-23-26-27(38)30(4,5)17-19-35(26,22-37)20-18-33(23,34)9/h12,24-27,37-38H,11,13-22H2,1-10H3/t24-,25+,26-,27+,32-,33+,34+,35+/m0/s1. The molecule has 5 nitrogen and oxygen atoms in total. The minimum Gasteiger partial charge on any atom is -0.444 e. The average Bonchev–Trinajstić information content (AvgIpc) is 2.93. The van der Waals surface area contributed by atoms with Gasteiger partial charge in [0.1, 0.15) is 5.60 Å². The molecule has 1 saturated heterocycles. The van der Waals surface area contributed by atoms with Crippen LogP contribution in [0, 0.1) is 44.8 Å². The third-order valence-electron chi connectivity index (χ3n) is 13.9. The molecule has 8 atom stereocenters. The first-order valence-electron chi connectivity index (χ1n) is 16.3. The summed E-state index contributed by atoms with van der Waals surface area (Å²) in [5, 5.41) is 22.6. The van der Waals surface area contributed by atoms with E-state index < -0.39 is 11.7 Å². The topological polar surface area (TPSA) is 70.0 Å². The molecule has 4 aliphatic carbocycles. The fourth-order valence-electron chi connectivity index (χ4n) is 11.3. The Morgan fingerprint density at radius 1 is 0.975 bits per heavy atom. The fourth-order valence-corrected chi connectivity index (χ4v) is 11.3. The number of likely N-dealkylation sites (tertiary alicyclic amines) is 1. The van der Waals surface area contributed by atoms with Gasteiger partial charge in [0, 0.05) is 30.0 Å². The predicted octanol–water partition coefficient (Wildman–Crippen LogP) is 7.74. The average molecular weight is 558 g/mol. The van der Waals surface area contributed by atoms with Gasteiger partial charge in [0.25, 0.3) is 0 Å². The molecule has 0 radical (unpaired) electrons. The van der Waals surface area contributed by atoms with Gasteiger partial charge in [0.2, 0.25) is 0 Å². The van der Waals surface area contributed by atoms with Crippen molar-refractivity contribution in [3.05, 3.63) is 11.6 Å². The summed E-state index contributed by atoms with van der Waals surface area (Å²) in [4.78, 5) is 15.5. The van der Waals surface area contributed by atoms with Crippen molar-refractivity contribution in [2.75, 3.05) is 13.2 Å². The van der Waals surface area contributed by atoms with Gasteiger partial charge in [-0.15, -0.1) is 0 Å². The molecule has 0 unspecified atom stereocenters. The molecule has 0 aromatic carbocycles. The molecule has 5 aliphatic rings. The molecular weight excluding hydrogens is 498 g/mol. The van der Waals surface area contributed by atoms with Gasteiger partial charge >= 0.3 is 6.09 Å². The molecule has 1 heterocycles. The second kappa shape index (κ2) is 9.21. The molecule has 1 amide bonds. The fraction of sp³-hybridized carbons (Fsp3) is 0.914. The van der Waals surface area contributed by atoms with E-state index in [1.54, 1.807) is 0 Å². The van der Waals surface area contributed by atoms with E-state index >= 15 is 0 Å². The predicted molar refractivity (Wildman–Crippen MR) is 161 cm³/mol. The zero-order valence-electron chi connectivity index (χ0n) is 27.3. The van der Waals surface area contributed by atoms with Gasteiger partial charge < -0.3 is 19.8 Å². The molecule has 228 valence electrons. The summed E-state index contributed by atoms with van der Waals surface area (Å²) in [7, 11) is 0. The van der Waals surface area contributed by atoms with Gasteiger partial charge in [0.05, 0.1) is 6.10 Å². The lowest BCUT2D eigenvalue weighted by molar-refractivity contribution is -0.184. The van der Waals surface area contributed by atoms with Crippen LogP contribution in [-0.2, 0) is 4.74 Å². The van der Waals surface area contributed by atoms with Crippen molar-refractivity contribution < 1.29 is 19.7 Å². The first-order valence-corrected chi connectivity index (χ1v) is 16.3. The van der Waals surface area contributed by atoms with E-state index in [0.717, 1.165) is 64.3 Å². The van der Waals surface area contributed by atoms with Crippen molar-refractivity contribution >= 4 is 6.09 Å². The number of nitrogens with zero attached hydrogens (tertiary/aromatic N) is 1. The second-order valence-electron chi connectivity index (χ2n) is 17.6. The van der Waals surface area contributed by atoms with Crippen LogP contribution in [0.1, 0.15) is 127 Å². The Balaban J connectivity index is 1.54. The number of aliphatic hydroxyl groups is 2. The number of aliphatic hydroxyl groups excluding tert-OH is 2. The highest BCUT2D eigenvalue weighted by atomic mass is 16.6. The number of allylic oxidation sites excluding steroid dienone is 1. The highest BCUT2D eigenvalue weighted by Crippen LogP contribution is 2.74. The smallest absolute Gasteiger partial charge is 0.410 e. The largest absolute Gasteiger partial charge is 0.444 e. The van der Waals surface area contributed by atoms with E-state index in [-0.39, 0.29) is 51.2 Å². The Morgan fingerprint density at radius 3 is 2.25 bits per heavy atom. The molecule has 0 bridgehead atoms. The zero-order valence-corrected chi connectivity index (χ0v) is 27.3. The first kappa shape index (κ1) is 30.4. The molecule has 0 aromatic rings. The minimum atomic E-state index is -0.504. The Bertz CT molecular complexity index is 1060. The highest BCUT2D eigenvalue weighted by molar-refractivity contribution is 5.69.